The van der Waals surface area contributed by atoms with Gasteiger partial charge >= 0.3 is 0 Å². The first-order valence-corrected chi connectivity index (χ1v) is 12.0. The van der Waals surface area contributed by atoms with Crippen molar-refractivity contribution in [3.8, 4) is 0 Å². The number of aromatic nitrogens is 5. The second kappa shape index (κ2) is 9.50. The molecule has 0 atom stereocenters. The number of nitrogens with one attached hydrogen (secondary N) is 3. The van der Waals surface area contributed by atoms with E-state index < -0.39 is 0 Å². The molecule has 3 aromatic carbocycles. The Morgan fingerprint density at radius 1 is 0.735 bits per heavy atom. The third-order valence-electron chi connectivity index (χ3n) is 5.00. The molecule has 7 nitrogen and oxygen atoms in total. The smallest absolute Gasteiger partial charge is 0.233 e. The monoisotopic (exact) mass is 507 g/mol. The van der Waals surface area contributed by atoms with Gasteiger partial charge in [-0.05, 0) is 85.3 Å². The van der Waals surface area contributed by atoms with Gasteiger partial charge in [-0.1, -0.05) is 35.3 Å². The van der Waals surface area contributed by atoms with Gasteiger partial charge in [0.15, 0.2) is 5.16 Å². The Bertz CT molecular complexity index is 1400. The summed E-state index contributed by atoms with van der Waals surface area (Å²) in [5.41, 5.74) is 5.37. The Hall–Kier alpha value is -3.33. The van der Waals surface area contributed by atoms with Crippen LogP contribution in [0.4, 0.5) is 23.3 Å². The van der Waals surface area contributed by atoms with Crippen LogP contribution in [-0.4, -0.2) is 24.9 Å². The molecule has 0 radical (unpaired) electrons. The number of fused-ring (bicyclic) bond motifs is 1. The van der Waals surface area contributed by atoms with Gasteiger partial charge in [-0.2, -0.15) is 15.0 Å². The summed E-state index contributed by atoms with van der Waals surface area (Å²) in [6.45, 7) is 3.89. The minimum Gasteiger partial charge on any atom is -0.333 e. The lowest BCUT2D eigenvalue weighted by Crippen LogP contribution is -2.05. The Balaban J connectivity index is 1.49. The number of aromatic amines is 1. The van der Waals surface area contributed by atoms with E-state index in [9.17, 15) is 0 Å². The first-order chi connectivity index (χ1) is 16.4. The predicted octanol–water partition coefficient (Wildman–Crippen LogP) is 7.31. The summed E-state index contributed by atoms with van der Waals surface area (Å²) < 4.78 is 0. The molecule has 10 heteroatoms. The van der Waals surface area contributed by atoms with E-state index in [0.717, 1.165) is 33.5 Å². The molecule has 0 aliphatic carbocycles. The number of imidazole rings is 1. The van der Waals surface area contributed by atoms with E-state index in [0.29, 0.717) is 32.3 Å². The minimum atomic E-state index is 0.392. The number of nitrogens with zero attached hydrogens (tertiary/aromatic N) is 4. The number of aryl methyl sites for hydroxylation is 2. The van der Waals surface area contributed by atoms with Crippen LogP contribution in [0.25, 0.3) is 11.0 Å². The molecule has 3 N–H and O–H groups in total. The normalized spacial score (nSPS) is 11.1. The van der Waals surface area contributed by atoms with E-state index in [1.165, 1.54) is 11.8 Å². The van der Waals surface area contributed by atoms with Gasteiger partial charge in [-0.25, -0.2) is 4.98 Å². The van der Waals surface area contributed by atoms with Gasteiger partial charge in [0.2, 0.25) is 17.1 Å². The van der Waals surface area contributed by atoms with Gasteiger partial charge in [-0.15, -0.1) is 0 Å². The van der Waals surface area contributed by atoms with Gasteiger partial charge in [0.1, 0.15) is 0 Å². The highest BCUT2D eigenvalue weighted by atomic mass is 35.5. The molecule has 0 fully saturated rings. The van der Waals surface area contributed by atoms with Crippen molar-refractivity contribution in [1.29, 1.82) is 0 Å². The number of halogens is 2. The molecule has 0 aliphatic rings. The number of anilines is 4. The molecular weight excluding hydrogens is 489 g/mol. The van der Waals surface area contributed by atoms with Crippen molar-refractivity contribution in [3.05, 3.63) is 81.8 Å². The van der Waals surface area contributed by atoms with Gasteiger partial charge in [0, 0.05) is 21.4 Å². The number of H-pyrrole nitrogens is 1. The van der Waals surface area contributed by atoms with Crippen LogP contribution in [0.5, 0.6) is 0 Å². The molecule has 0 bridgehead atoms. The van der Waals surface area contributed by atoms with Crippen LogP contribution in [0.3, 0.4) is 0 Å². The van der Waals surface area contributed by atoms with Crippen molar-refractivity contribution in [2.75, 3.05) is 10.6 Å². The minimum absolute atomic E-state index is 0.392. The molecule has 0 aliphatic heterocycles. The molecule has 0 saturated carbocycles. The molecule has 34 heavy (non-hydrogen) atoms. The molecule has 5 rings (SSSR count). The fraction of sp³-hybridized carbons (Fsp3) is 0.0833. The van der Waals surface area contributed by atoms with E-state index >= 15 is 0 Å². The Kier molecular flexibility index (Phi) is 6.28. The molecule has 5 aromatic rings. The van der Waals surface area contributed by atoms with Gasteiger partial charge < -0.3 is 15.6 Å². The van der Waals surface area contributed by atoms with Gasteiger partial charge in [-0.3, -0.25) is 0 Å². The second-order valence-electron chi connectivity index (χ2n) is 7.60. The first kappa shape index (κ1) is 22.5. The largest absolute Gasteiger partial charge is 0.333 e. The van der Waals surface area contributed by atoms with Crippen molar-refractivity contribution < 1.29 is 0 Å². The summed E-state index contributed by atoms with van der Waals surface area (Å²) >= 11 is 13.7. The second-order valence-corrected chi connectivity index (χ2v) is 9.37. The Labute approximate surface area is 210 Å². The van der Waals surface area contributed by atoms with E-state index in [-0.39, 0.29) is 0 Å². The van der Waals surface area contributed by atoms with E-state index in [1.807, 2.05) is 74.5 Å². The van der Waals surface area contributed by atoms with Crippen molar-refractivity contribution in [1.82, 2.24) is 24.9 Å². The number of hydrogen-bond donors (Lipinski definition) is 3. The topological polar surface area (TPSA) is 91.4 Å². The van der Waals surface area contributed by atoms with Crippen molar-refractivity contribution in [2.24, 2.45) is 0 Å². The lowest BCUT2D eigenvalue weighted by atomic mass is 10.2. The van der Waals surface area contributed by atoms with E-state index in [2.05, 4.69) is 35.6 Å². The maximum Gasteiger partial charge on any atom is 0.233 e. The number of para-hydroxylation sites is 2. The maximum absolute atomic E-state index is 6.17. The molecule has 0 spiro atoms. The number of benzene rings is 3. The quantitative estimate of drug-likeness (QED) is 0.222. The van der Waals surface area contributed by atoms with E-state index in [4.69, 9.17) is 23.2 Å². The first-order valence-electron chi connectivity index (χ1n) is 10.4. The molecule has 0 saturated heterocycles. The molecule has 170 valence electrons. The third kappa shape index (κ3) is 5.09. The van der Waals surface area contributed by atoms with Crippen LogP contribution in [0.15, 0.2) is 71.0 Å². The molecule has 2 aromatic heterocycles. The fourth-order valence-electron chi connectivity index (χ4n) is 3.28. The summed E-state index contributed by atoms with van der Waals surface area (Å²) in [5.74, 6) is 0.784. The van der Waals surface area contributed by atoms with Crippen molar-refractivity contribution >= 4 is 69.3 Å². The van der Waals surface area contributed by atoms with Crippen LogP contribution in [0.2, 0.25) is 10.0 Å². The molecule has 0 unspecified atom stereocenters. The van der Waals surface area contributed by atoms with Crippen LogP contribution in [-0.2, 0) is 0 Å². The van der Waals surface area contributed by atoms with Crippen molar-refractivity contribution in [3.63, 3.8) is 0 Å². The van der Waals surface area contributed by atoms with E-state index in [1.54, 1.807) is 0 Å². The highest BCUT2D eigenvalue weighted by molar-refractivity contribution is 7.99. The molecule has 2 heterocycles. The number of rotatable bonds is 6. The Morgan fingerprint density at radius 3 is 1.88 bits per heavy atom. The zero-order valence-corrected chi connectivity index (χ0v) is 20.6. The Morgan fingerprint density at radius 2 is 1.32 bits per heavy atom. The standard InChI is InChI=1S/C24H19Cl2N7S/c1-13-11-15(7-9-17(13)25)27-21-31-22(28-16-8-10-18(26)14(2)12-16)33-24(32-21)34-23-29-19-5-3-4-6-20(19)30-23/h3-12H,1-2H3,(H,29,30)(H2,27,28,31,32,33). The molecular formula is C24H19Cl2N7S. The summed E-state index contributed by atoms with van der Waals surface area (Å²) in [4.78, 5) is 21.7. The lowest BCUT2D eigenvalue weighted by molar-refractivity contribution is 0.913. The summed E-state index contributed by atoms with van der Waals surface area (Å²) in [5, 5.41) is 9.06. The fourth-order valence-corrected chi connectivity index (χ4v) is 4.26. The van der Waals surface area contributed by atoms with Crippen LogP contribution >= 0.6 is 35.0 Å². The van der Waals surface area contributed by atoms with Gasteiger partial charge in [0.25, 0.3) is 0 Å². The van der Waals surface area contributed by atoms with Gasteiger partial charge in [0.05, 0.1) is 11.0 Å². The average Bonchev–Trinajstić information content (AvgIpc) is 3.21. The third-order valence-corrected chi connectivity index (χ3v) is 6.60. The average molecular weight is 508 g/mol. The highest BCUT2D eigenvalue weighted by Crippen LogP contribution is 2.29. The van der Waals surface area contributed by atoms with Crippen LogP contribution in [0.1, 0.15) is 11.1 Å². The van der Waals surface area contributed by atoms with Crippen LogP contribution < -0.4 is 10.6 Å². The summed E-state index contributed by atoms with van der Waals surface area (Å²) in [7, 11) is 0. The summed E-state index contributed by atoms with van der Waals surface area (Å²) in [6.07, 6.45) is 0. The number of hydrogen-bond acceptors (Lipinski definition) is 7. The highest BCUT2D eigenvalue weighted by Gasteiger charge is 2.12. The lowest BCUT2D eigenvalue weighted by Gasteiger charge is -2.11. The summed E-state index contributed by atoms with van der Waals surface area (Å²) in [6, 6.07) is 19.1. The maximum atomic E-state index is 6.17. The zero-order valence-electron chi connectivity index (χ0n) is 18.2. The predicted molar refractivity (Wildman–Crippen MR) is 139 cm³/mol. The molecule has 0 amide bonds. The van der Waals surface area contributed by atoms with Crippen molar-refractivity contribution in [2.45, 2.75) is 24.2 Å². The zero-order chi connectivity index (χ0) is 23.7. The SMILES string of the molecule is Cc1cc(Nc2nc(Nc3ccc(Cl)c(C)c3)nc(Sc3nc4ccccc4[nH]3)n2)ccc1Cl. The van der Waals surface area contributed by atoms with Crippen LogP contribution in [0, 0.1) is 13.8 Å².